The van der Waals surface area contributed by atoms with Gasteiger partial charge in [0.1, 0.15) is 11.2 Å². The fourth-order valence-corrected chi connectivity index (χ4v) is 9.23. The minimum Gasteiger partial charge on any atom is -0.455 e. The van der Waals surface area contributed by atoms with Crippen LogP contribution in [0.1, 0.15) is 25.0 Å². The summed E-state index contributed by atoms with van der Waals surface area (Å²) >= 11 is 0. The maximum absolute atomic E-state index is 6.51. The SMILES string of the molecule is CC1(C)c2ccc(-c3cccc(-c4c5ccccc5c(-c5ccccc5)c5ccccc45)c3)cc2-c2c1ccc1c2ccc2c3ccccc3oc12. The second-order valence-electron chi connectivity index (χ2n) is 14.8. The first kappa shape index (κ1) is 29.3. The first-order valence-electron chi connectivity index (χ1n) is 18.2. The lowest BCUT2D eigenvalue weighted by Gasteiger charge is -2.21. The summed E-state index contributed by atoms with van der Waals surface area (Å²) in [6, 6.07) is 62.4. The standard InChI is InChI=1S/C51H34O/c1-51(2)44-27-23-33(30-43(44)49-40-24-25-41-35-17-10-11-22-46(35)52-50(41)42(40)26-28-45(49)51)32-15-12-16-34(29-32)48-38-20-8-6-18-36(38)47(31-13-4-3-5-14-31)37-19-7-9-21-39(37)48/h3-30H,1-2H3. The first-order chi connectivity index (χ1) is 25.6. The molecule has 9 aromatic carbocycles. The van der Waals surface area contributed by atoms with Crippen molar-refractivity contribution in [1.29, 1.82) is 0 Å². The Morgan fingerprint density at radius 1 is 0.346 bits per heavy atom. The summed E-state index contributed by atoms with van der Waals surface area (Å²) in [6.45, 7) is 4.72. The molecule has 1 aliphatic carbocycles. The summed E-state index contributed by atoms with van der Waals surface area (Å²) in [7, 11) is 0. The normalized spacial score (nSPS) is 13.3. The van der Waals surface area contributed by atoms with Crippen LogP contribution in [0.3, 0.4) is 0 Å². The third kappa shape index (κ3) is 4.05. The Morgan fingerprint density at radius 3 is 1.58 bits per heavy atom. The molecule has 0 amide bonds. The molecule has 11 rings (SSSR count). The molecule has 0 fully saturated rings. The van der Waals surface area contributed by atoms with Gasteiger partial charge in [0.15, 0.2) is 0 Å². The molecular formula is C51H34O. The minimum absolute atomic E-state index is 0.111. The zero-order valence-electron chi connectivity index (χ0n) is 29.1. The fourth-order valence-electron chi connectivity index (χ4n) is 9.23. The van der Waals surface area contributed by atoms with E-state index in [1.54, 1.807) is 0 Å². The lowest BCUT2D eigenvalue weighted by molar-refractivity contribution is 0.660. The molecule has 0 atom stereocenters. The largest absolute Gasteiger partial charge is 0.455 e. The van der Waals surface area contributed by atoms with Crippen molar-refractivity contribution in [3.63, 3.8) is 0 Å². The van der Waals surface area contributed by atoms with E-state index in [1.807, 2.05) is 6.07 Å². The van der Waals surface area contributed by atoms with Gasteiger partial charge in [0, 0.05) is 21.6 Å². The van der Waals surface area contributed by atoms with Gasteiger partial charge in [-0.3, -0.25) is 0 Å². The summed E-state index contributed by atoms with van der Waals surface area (Å²) < 4.78 is 6.51. The van der Waals surface area contributed by atoms with Gasteiger partial charge in [-0.1, -0.05) is 159 Å². The van der Waals surface area contributed by atoms with Gasteiger partial charge in [-0.2, -0.15) is 0 Å². The van der Waals surface area contributed by atoms with E-state index in [-0.39, 0.29) is 5.41 Å². The van der Waals surface area contributed by atoms with Crippen LogP contribution in [0.4, 0.5) is 0 Å². The van der Waals surface area contributed by atoms with E-state index in [9.17, 15) is 0 Å². The Hall–Kier alpha value is -6.44. The lowest BCUT2D eigenvalue weighted by Crippen LogP contribution is -2.14. The summed E-state index contributed by atoms with van der Waals surface area (Å²) in [5, 5.41) is 9.83. The Bertz CT molecular complexity index is 3030. The highest BCUT2D eigenvalue weighted by Gasteiger charge is 2.37. The molecule has 244 valence electrons. The zero-order chi connectivity index (χ0) is 34.6. The van der Waals surface area contributed by atoms with Crippen molar-refractivity contribution in [1.82, 2.24) is 0 Å². The second kappa shape index (κ2) is 10.8. The van der Waals surface area contributed by atoms with Crippen LogP contribution in [0.15, 0.2) is 174 Å². The summed E-state index contributed by atoms with van der Waals surface area (Å²) in [6.07, 6.45) is 0. The topological polar surface area (TPSA) is 13.1 Å². The number of hydrogen-bond acceptors (Lipinski definition) is 1. The fraction of sp³-hybridized carbons (Fsp3) is 0.0588. The van der Waals surface area contributed by atoms with Gasteiger partial charge in [0.2, 0.25) is 0 Å². The molecular weight excluding hydrogens is 629 g/mol. The Kier molecular flexibility index (Phi) is 6.08. The Morgan fingerprint density at radius 2 is 0.846 bits per heavy atom. The molecule has 0 radical (unpaired) electrons. The van der Waals surface area contributed by atoms with Crippen LogP contribution in [0, 0.1) is 0 Å². The van der Waals surface area contributed by atoms with Crippen LogP contribution in [0.25, 0.3) is 98.8 Å². The van der Waals surface area contributed by atoms with E-state index in [2.05, 4.69) is 178 Å². The minimum atomic E-state index is -0.111. The van der Waals surface area contributed by atoms with E-state index >= 15 is 0 Å². The van der Waals surface area contributed by atoms with Crippen molar-refractivity contribution in [3.05, 3.63) is 181 Å². The lowest BCUT2D eigenvalue weighted by atomic mass is 9.81. The highest BCUT2D eigenvalue weighted by atomic mass is 16.3. The number of rotatable bonds is 3. The van der Waals surface area contributed by atoms with Gasteiger partial charge >= 0.3 is 0 Å². The summed E-state index contributed by atoms with van der Waals surface area (Å²) in [5.41, 5.74) is 14.6. The molecule has 0 unspecified atom stereocenters. The molecule has 0 saturated heterocycles. The maximum Gasteiger partial charge on any atom is 0.143 e. The highest BCUT2D eigenvalue weighted by molar-refractivity contribution is 6.22. The molecule has 1 aromatic heterocycles. The van der Waals surface area contributed by atoms with Crippen molar-refractivity contribution >= 4 is 54.3 Å². The van der Waals surface area contributed by atoms with E-state index in [0.717, 1.165) is 16.6 Å². The molecule has 10 aromatic rings. The number of furan rings is 1. The third-order valence-corrected chi connectivity index (χ3v) is 11.7. The molecule has 52 heavy (non-hydrogen) atoms. The van der Waals surface area contributed by atoms with Gasteiger partial charge in [-0.25, -0.2) is 0 Å². The monoisotopic (exact) mass is 662 g/mol. The van der Waals surface area contributed by atoms with E-state index < -0.39 is 0 Å². The van der Waals surface area contributed by atoms with Gasteiger partial charge in [-0.15, -0.1) is 0 Å². The van der Waals surface area contributed by atoms with Crippen LogP contribution in [0.5, 0.6) is 0 Å². The molecule has 1 aliphatic rings. The smallest absolute Gasteiger partial charge is 0.143 e. The van der Waals surface area contributed by atoms with Gasteiger partial charge in [0.05, 0.1) is 0 Å². The van der Waals surface area contributed by atoms with Crippen LogP contribution >= 0.6 is 0 Å². The quantitative estimate of drug-likeness (QED) is 0.172. The van der Waals surface area contributed by atoms with Crippen molar-refractivity contribution in [2.24, 2.45) is 0 Å². The number of para-hydroxylation sites is 1. The Labute approximate surface area is 302 Å². The molecule has 1 heterocycles. The van der Waals surface area contributed by atoms with Crippen LogP contribution in [-0.4, -0.2) is 0 Å². The third-order valence-electron chi connectivity index (χ3n) is 11.7. The number of benzene rings is 9. The average Bonchev–Trinajstić information content (AvgIpc) is 3.69. The van der Waals surface area contributed by atoms with Crippen molar-refractivity contribution in [3.8, 4) is 44.5 Å². The Balaban J connectivity index is 1.11. The van der Waals surface area contributed by atoms with E-state index in [0.29, 0.717) is 0 Å². The molecule has 0 N–H and O–H groups in total. The van der Waals surface area contributed by atoms with E-state index in [1.165, 1.54) is 93.3 Å². The maximum atomic E-state index is 6.51. The van der Waals surface area contributed by atoms with Crippen LogP contribution < -0.4 is 0 Å². The molecule has 0 aliphatic heterocycles. The van der Waals surface area contributed by atoms with Crippen LogP contribution in [0.2, 0.25) is 0 Å². The molecule has 0 bridgehead atoms. The molecule has 0 saturated carbocycles. The summed E-state index contributed by atoms with van der Waals surface area (Å²) in [4.78, 5) is 0. The van der Waals surface area contributed by atoms with Gasteiger partial charge in [-0.05, 0) is 107 Å². The molecule has 1 heteroatoms. The first-order valence-corrected chi connectivity index (χ1v) is 18.2. The zero-order valence-corrected chi connectivity index (χ0v) is 29.1. The van der Waals surface area contributed by atoms with Gasteiger partial charge < -0.3 is 4.42 Å². The van der Waals surface area contributed by atoms with E-state index in [4.69, 9.17) is 4.42 Å². The van der Waals surface area contributed by atoms with Crippen molar-refractivity contribution in [2.75, 3.05) is 0 Å². The predicted octanol–water partition coefficient (Wildman–Crippen LogP) is 14.4. The van der Waals surface area contributed by atoms with Gasteiger partial charge in [0.25, 0.3) is 0 Å². The van der Waals surface area contributed by atoms with Crippen LogP contribution in [-0.2, 0) is 5.41 Å². The number of hydrogen-bond donors (Lipinski definition) is 0. The van der Waals surface area contributed by atoms with Crippen molar-refractivity contribution in [2.45, 2.75) is 19.3 Å². The number of fused-ring (bicyclic) bond motifs is 11. The predicted molar refractivity (Wildman–Crippen MR) is 220 cm³/mol. The second-order valence-corrected chi connectivity index (χ2v) is 14.8. The summed E-state index contributed by atoms with van der Waals surface area (Å²) in [5.74, 6) is 0. The van der Waals surface area contributed by atoms with Crippen molar-refractivity contribution < 1.29 is 4.42 Å². The average molecular weight is 663 g/mol. The molecule has 0 spiro atoms. The molecule has 1 nitrogen and oxygen atoms in total. The highest BCUT2D eigenvalue weighted by Crippen LogP contribution is 2.53.